The van der Waals surface area contributed by atoms with Crippen molar-refractivity contribution in [2.24, 2.45) is 0 Å². The first-order valence-electron chi connectivity index (χ1n) is 5.10. The van der Waals surface area contributed by atoms with Gasteiger partial charge in [0.05, 0.1) is 11.3 Å². The highest BCUT2D eigenvalue weighted by Gasteiger charge is 2.19. The fourth-order valence-electron chi connectivity index (χ4n) is 1.30. The van der Waals surface area contributed by atoms with Crippen LogP contribution in [0.1, 0.15) is 12.6 Å². The van der Waals surface area contributed by atoms with E-state index in [1.807, 2.05) is 12.3 Å². The molecule has 0 aliphatic rings. The van der Waals surface area contributed by atoms with Gasteiger partial charge in [0.2, 0.25) is 0 Å². The molecule has 0 aliphatic carbocycles. The number of hydrogen-bond acceptors (Lipinski definition) is 6. The second-order valence-corrected chi connectivity index (χ2v) is 4.90. The first-order valence-corrected chi connectivity index (χ1v) is 6.50. The summed E-state index contributed by atoms with van der Waals surface area (Å²) in [4.78, 5) is 4.04. The number of thioether (sulfide) groups is 1. The fourth-order valence-corrected chi connectivity index (χ4v) is 2.02. The third-order valence-electron chi connectivity index (χ3n) is 2.14. The van der Waals surface area contributed by atoms with Gasteiger partial charge in [-0.2, -0.15) is 17.0 Å². The van der Waals surface area contributed by atoms with Gasteiger partial charge in [-0.05, 0) is 25.3 Å². The van der Waals surface area contributed by atoms with Crippen LogP contribution in [-0.4, -0.2) is 34.2 Å². The molecule has 5 nitrogen and oxygen atoms in total. The molecule has 6 heteroatoms. The number of nitrogens with zero attached hydrogens (tertiary/aromatic N) is 2. The molecule has 0 spiro atoms. The van der Waals surface area contributed by atoms with Crippen molar-refractivity contribution in [3.05, 3.63) is 17.8 Å². The van der Waals surface area contributed by atoms with E-state index in [4.69, 9.17) is 11.0 Å². The predicted molar refractivity (Wildman–Crippen MR) is 70.9 cm³/mol. The summed E-state index contributed by atoms with van der Waals surface area (Å²) >= 11 is 1.57. The molecule has 1 aromatic heterocycles. The van der Waals surface area contributed by atoms with Gasteiger partial charge in [-0.3, -0.25) is 0 Å². The molecule has 1 atom stereocenters. The summed E-state index contributed by atoms with van der Waals surface area (Å²) in [7, 11) is 0. The molecule has 0 aromatic carbocycles. The second kappa shape index (κ2) is 5.75. The zero-order valence-electron chi connectivity index (χ0n) is 9.90. The van der Waals surface area contributed by atoms with Gasteiger partial charge in [0.1, 0.15) is 11.9 Å². The van der Waals surface area contributed by atoms with Crippen LogP contribution >= 0.6 is 11.8 Å². The summed E-state index contributed by atoms with van der Waals surface area (Å²) in [5, 5.41) is 21.7. The molecule has 1 rings (SSSR count). The van der Waals surface area contributed by atoms with Crippen LogP contribution in [0, 0.1) is 11.3 Å². The van der Waals surface area contributed by atoms with Crippen molar-refractivity contribution in [2.75, 3.05) is 29.6 Å². The Morgan fingerprint density at radius 1 is 1.65 bits per heavy atom. The number of nitrogens with two attached hydrogens (primary N) is 1. The van der Waals surface area contributed by atoms with Crippen LogP contribution in [0.4, 0.5) is 11.5 Å². The monoisotopic (exact) mass is 252 g/mol. The van der Waals surface area contributed by atoms with Gasteiger partial charge >= 0.3 is 0 Å². The van der Waals surface area contributed by atoms with Crippen molar-refractivity contribution in [3.63, 3.8) is 0 Å². The minimum absolute atomic E-state index is 0.194. The van der Waals surface area contributed by atoms with Gasteiger partial charge < -0.3 is 16.2 Å². The third kappa shape index (κ3) is 4.13. The molecular formula is C11H16N4OS. The lowest BCUT2D eigenvalue weighted by Gasteiger charge is -2.22. The Morgan fingerprint density at radius 2 is 2.35 bits per heavy atom. The van der Waals surface area contributed by atoms with Gasteiger partial charge in [0.25, 0.3) is 0 Å². The standard InChI is InChI=1S/C11H16N4OS/c1-11(16,7-17-2)6-14-10-4-3-8(13)9(5-12)15-10/h3-4,16H,6-7,13H2,1-2H3,(H,14,15). The number of nitriles is 1. The van der Waals surface area contributed by atoms with Crippen molar-refractivity contribution in [1.29, 1.82) is 5.26 Å². The van der Waals surface area contributed by atoms with Crippen LogP contribution < -0.4 is 11.1 Å². The van der Waals surface area contributed by atoms with Crippen LogP contribution in [0.3, 0.4) is 0 Å². The molecular weight excluding hydrogens is 236 g/mol. The lowest BCUT2D eigenvalue weighted by Crippen LogP contribution is -2.36. The molecule has 1 unspecified atom stereocenters. The highest BCUT2D eigenvalue weighted by atomic mass is 32.2. The second-order valence-electron chi connectivity index (χ2n) is 4.03. The lowest BCUT2D eigenvalue weighted by molar-refractivity contribution is 0.0996. The van der Waals surface area contributed by atoms with E-state index in [1.54, 1.807) is 30.8 Å². The zero-order valence-corrected chi connectivity index (χ0v) is 10.7. The first kappa shape index (κ1) is 13.6. The topological polar surface area (TPSA) is 95.0 Å². The molecule has 0 bridgehead atoms. The number of anilines is 2. The van der Waals surface area contributed by atoms with E-state index in [1.165, 1.54) is 0 Å². The maximum absolute atomic E-state index is 9.96. The van der Waals surface area contributed by atoms with E-state index in [0.29, 0.717) is 23.8 Å². The number of aliphatic hydroxyl groups is 1. The Kier molecular flexibility index (Phi) is 4.61. The number of aromatic nitrogens is 1. The summed E-state index contributed by atoms with van der Waals surface area (Å²) < 4.78 is 0. The van der Waals surface area contributed by atoms with Crippen molar-refractivity contribution in [1.82, 2.24) is 4.98 Å². The number of nitrogen functional groups attached to an aromatic ring is 1. The van der Waals surface area contributed by atoms with Crippen molar-refractivity contribution >= 4 is 23.3 Å². The van der Waals surface area contributed by atoms with Gasteiger partial charge in [-0.15, -0.1) is 0 Å². The summed E-state index contributed by atoms with van der Waals surface area (Å²) in [6.45, 7) is 2.12. The summed E-state index contributed by atoms with van der Waals surface area (Å²) in [5.41, 5.74) is 5.30. The molecule has 0 saturated carbocycles. The van der Waals surface area contributed by atoms with Crippen molar-refractivity contribution < 1.29 is 5.11 Å². The smallest absolute Gasteiger partial charge is 0.165 e. The molecule has 0 fully saturated rings. The molecule has 92 valence electrons. The van der Waals surface area contributed by atoms with E-state index in [9.17, 15) is 5.11 Å². The third-order valence-corrected chi connectivity index (χ3v) is 3.05. The quantitative estimate of drug-likeness (QED) is 0.725. The normalized spacial score (nSPS) is 13.8. The molecule has 1 heterocycles. The van der Waals surface area contributed by atoms with Crippen molar-refractivity contribution in [2.45, 2.75) is 12.5 Å². The lowest BCUT2D eigenvalue weighted by atomic mass is 10.1. The average molecular weight is 252 g/mol. The van der Waals surface area contributed by atoms with Gasteiger partial charge in [0, 0.05) is 12.3 Å². The predicted octanol–water partition coefficient (Wildman–Crippen LogP) is 1.06. The minimum atomic E-state index is -0.810. The average Bonchev–Trinajstić information content (AvgIpc) is 2.28. The zero-order chi connectivity index (χ0) is 12.9. The van der Waals surface area contributed by atoms with E-state index >= 15 is 0 Å². The highest BCUT2D eigenvalue weighted by molar-refractivity contribution is 7.98. The highest BCUT2D eigenvalue weighted by Crippen LogP contribution is 2.15. The Hall–Kier alpha value is -1.45. The minimum Gasteiger partial charge on any atom is -0.396 e. The van der Waals surface area contributed by atoms with Crippen LogP contribution in [-0.2, 0) is 0 Å². The van der Waals surface area contributed by atoms with Crippen LogP contribution in [0.2, 0.25) is 0 Å². The largest absolute Gasteiger partial charge is 0.396 e. The maximum Gasteiger partial charge on any atom is 0.165 e. The molecule has 0 radical (unpaired) electrons. The Morgan fingerprint density at radius 3 is 2.94 bits per heavy atom. The van der Waals surface area contributed by atoms with E-state index in [-0.39, 0.29) is 5.69 Å². The Bertz CT molecular complexity index is 428. The van der Waals surface area contributed by atoms with Crippen molar-refractivity contribution in [3.8, 4) is 6.07 Å². The molecule has 17 heavy (non-hydrogen) atoms. The summed E-state index contributed by atoms with van der Waals surface area (Å²) in [5.74, 6) is 1.16. The van der Waals surface area contributed by atoms with E-state index < -0.39 is 5.60 Å². The first-order chi connectivity index (χ1) is 7.98. The van der Waals surface area contributed by atoms with Gasteiger partial charge in [-0.1, -0.05) is 0 Å². The Labute approximate surface area is 105 Å². The van der Waals surface area contributed by atoms with Crippen LogP contribution in [0.15, 0.2) is 12.1 Å². The van der Waals surface area contributed by atoms with Gasteiger partial charge in [-0.25, -0.2) is 4.98 Å². The molecule has 0 saturated heterocycles. The summed E-state index contributed by atoms with van der Waals surface area (Å²) in [6, 6.07) is 5.22. The van der Waals surface area contributed by atoms with Crippen LogP contribution in [0.25, 0.3) is 0 Å². The number of nitrogens with one attached hydrogen (secondary N) is 1. The van der Waals surface area contributed by atoms with Gasteiger partial charge in [0.15, 0.2) is 5.69 Å². The van der Waals surface area contributed by atoms with E-state index in [0.717, 1.165) is 0 Å². The van der Waals surface area contributed by atoms with Crippen LogP contribution in [0.5, 0.6) is 0 Å². The Balaban J connectivity index is 2.67. The SMILES string of the molecule is CSCC(C)(O)CNc1ccc(N)c(C#N)n1. The summed E-state index contributed by atoms with van der Waals surface area (Å²) in [6.07, 6.45) is 1.93. The fraction of sp³-hybridized carbons (Fsp3) is 0.455. The van der Waals surface area contributed by atoms with E-state index in [2.05, 4.69) is 10.3 Å². The molecule has 0 aliphatic heterocycles. The maximum atomic E-state index is 9.96. The number of hydrogen-bond donors (Lipinski definition) is 3. The number of rotatable bonds is 5. The molecule has 4 N–H and O–H groups in total. The molecule has 0 amide bonds. The molecule has 1 aromatic rings. The number of pyridine rings is 1.